The molecule has 2 nitrogen and oxygen atoms in total. The van der Waals surface area contributed by atoms with Gasteiger partial charge in [-0.15, -0.1) is 0 Å². The topological polar surface area (TPSA) is 33.1 Å². The molecule has 0 spiro atoms. The van der Waals surface area contributed by atoms with Gasteiger partial charge in [0.05, 0.1) is 17.8 Å². The van der Waals surface area contributed by atoms with Crippen LogP contribution in [0.4, 0.5) is 0 Å². The number of rotatable bonds is 2. The van der Waals surface area contributed by atoms with Gasteiger partial charge in [-0.2, -0.15) is 0 Å². The highest BCUT2D eigenvalue weighted by atomic mass is 16.3. The molecular formula is C16H13NO. The number of nitrogens with zero attached hydrogens (tertiary/aromatic N) is 1. The molecule has 3 aromatic rings. The van der Waals surface area contributed by atoms with Gasteiger partial charge in [0.1, 0.15) is 0 Å². The molecule has 0 aliphatic heterocycles. The minimum absolute atomic E-state index is 0.0165. The van der Waals surface area contributed by atoms with Crippen molar-refractivity contribution in [3.8, 4) is 11.3 Å². The first-order valence-electron chi connectivity index (χ1n) is 5.93. The molecular weight excluding hydrogens is 222 g/mol. The summed E-state index contributed by atoms with van der Waals surface area (Å²) < 4.78 is 0. The summed E-state index contributed by atoms with van der Waals surface area (Å²) in [6.45, 7) is 0.0165. The predicted molar refractivity (Wildman–Crippen MR) is 73.1 cm³/mol. The lowest BCUT2D eigenvalue weighted by molar-refractivity contribution is 0.283. The zero-order valence-corrected chi connectivity index (χ0v) is 9.88. The maximum atomic E-state index is 9.36. The Morgan fingerprint density at radius 2 is 1.67 bits per heavy atom. The number of aliphatic hydroxyl groups is 1. The fourth-order valence-electron chi connectivity index (χ4n) is 2.11. The molecule has 1 heterocycles. The third kappa shape index (κ3) is 1.87. The van der Waals surface area contributed by atoms with Crippen LogP contribution in [0.25, 0.3) is 22.2 Å². The molecule has 88 valence electrons. The first-order valence-corrected chi connectivity index (χ1v) is 5.93. The third-order valence-electron chi connectivity index (χ3n) is 3.04. The van der Waals surface area contributed by atoms with E-state index in [-0.39, 0.29) is 6.61 Å². The maximum absolute atomic E-state index is 9.36. The van der Waals surface area contributed by atoms with Crippen LogP contribution < -0.4 is 0 Å². The van der Waals surface area contributed by atoms with Gasteiger partial charge in [0.15, 0.2) is 0 Å². The van der Waals surface area contributed by atoms with Crippen molar-refractivity contribution in [2.75, 3.05) is 0 Å². The molecule has 0 aliphatic carbocycles. The Hall–Kier alpha value is -2.19. The van der Waals surface area contributed by atoms with Gasteiger partial charge in [-0.3, -0.25) is 0 Å². The molecule has 0 unspecified atom stereocenters. The van der Waals surface area contributed by atoms with Crippen LogP contribution in [0.15, 0.2) is 60.7 Å². The zero-order valence-electron chi connectivity index (χ0n) is 9.88. The summed E-state index contributed by atoms with van der Waals surface area (Å²) in [6, 6.07) is 20.0. The van der Waals surface area contributed by atoms with Crippen molar-refractivity contribution in [2.45, 2.75) is 6.61 Å². The molecule has 0 saturated heterocycles. The van der Waals surface area contributed by atoms with Crippen molar-refractivity contribution in [3.63, 3.8) is 0 Å². The molecule has 0 aliphatic rings. The summed E-state index contributed by atoms with van der Waals surface area (Å²) in [6.07, 6.45) is 0. The Bertz CT molecular complexity index is 677. The Labute approximate surface area is 106 Å². The smallest absolute Gasteiger partial charge is 0.0764 e. The first kappa shape index (κ1) is 10.9. The van der Waals surface area contributed by atoms with E-state index in [1.807, 2.05) is 60.7 Å². The van der Waals surface area contributed by atoms with Crippen molar-refractivity contribution in [2.24, 2.45) is 0 Å². The average molecular weight is 235 g/mol. The molecule has 2 aromatic carbocycles. The van der Waals surface area contributed by atoms with Crippen LogP contribution in [-0.4, -0.2) is 10.1 Å². The van der Waals surface area contributed by atoms with Crippen molar-refractivity contribution in [1.29, 1.82) is 0 Å². The van der Waals surface area contributed by atoms with Crippen molar-refractivity contribution >= 4 is 10.9 Å². The van der Waals surface area contributed by atoms with Crippen molar-refractivity contribution in [1.82, 2.24) is 4.98 Å². The number of aliphatic hydroxyl groups excluding tert-OH is 1. The molecule has 1 N–H and O–H groups in total. The van der Waals surface area contributed by atoms with Crippen LogP contribution >= 0.6 is 0 Å². The maximum Gasteiger partial charge on any atom is 0.0764 e. The lowest BCUT2D eigenvalue weighted by Gasteiger charge is -2.06. The second kappa shape index (κ2) is 4.59. The van der Waals surface area contributed by atoms with Crippen LogP contribution in [0.3, 0.4) is 0 Å². The second-order valence-corrected chi connectivity index (χ2v) is 4.21. The Kier molecular flexibility index (Phi) is 2.79. The summed E-state index contributed by atoms with van der Waals surface area (Å²) in [7, 11) is 0. The molecule has 18 heavy (non-hydrogen) atoms. The molecule has 0 radical (unpaired) electrons. The highest BCUT2D eigenvalue weighted by Gasteiger charge is 2.04. The van der Waals surface area contributed by atoms with Gasteiger partial charge in [-0.05, 0) is 6.07 Å². The molecule has 3 rings (SSSR count). The Morgan fingerprint density at radius 1 is 0.833 bits per heavy atom. The van der Waals surface area contributed by atoms with Crippen molar-refractivity contribution < 1.29 is 5.11 Å². The van der Waals surface area contributed by atoms with E-state index < -0.39 is 0 Å². The van der Waals surface area contributed by atoms with Gasteiger partial charge in [-0.1, -0.05) is 54.6 Å². The largest absolute Gasteiger partial charge is 0.392 e. The SMILES string of the molecule is OCc1cccc2ccc(-c3ccccc3)nc12. The number of aromatic nitrogens is 1. The Balaban J connectivity index is 2.22. The number of fused-ring (bicyclic) bond motifs is 1. The van der Waals surface area contributed by atoms with Crippen LogP contribution in [0.5, 0.6) is 0 Å². The van der Waals surface area contributed by atoms with Crippen molar-refractivity contribution in [3.05, 3.63) is 66.2 Å². The molecule has 2 heteroatoms. The molecule has 0 saturated carbocycles. The number of benzene rings is 2. The standard InChI is InChI=1S/C16H13NO/c18-11-14-8-4-7-13-9-10-15(17-16(13)14)12-5-2-1-3-6-12/h1-10,18H,11H2. The third-order valence-corrected chi connectivity index (χ3v) is 3.04. The Morgan fingerprint density at radius 3 is 2.44 bits per heavy atom. The van der Waals surface area contributed by atoms with Gasteiger partial charge >= 0.3 is 0 Å². The minimum Gasteiger partial charge on any atom is -0.392 e. The van der Waals surface area contributed by atoms with E-state index in [0.29, 0.717) is 0 Å². The van der Waals surface area contributed by atoms with Gasteiger partial charge in [0, 0.05) is 16.5 Å². The number of hydrogen-bond donors (Lipinski definition) is 1. The highest BCUT2D eigenvalue weighted by Crippen LogP contribution is 2.22. The summed E-state index contributed by atoms with van der Waals surface area (Å²) >= 11 is 0. The van der Waals surface area contributed by atoms with E-state index in [1.54, 1.807) is 0 Å². The van der Waals surface area contributed by atoms with Crippen LogP contribution in [0, 0.1) is 0 Å². The summed E-state index contributed by atoms with van der Waals surface area (Å²) in [4.78, 5) is 4.66. The molecule has 0 atom stereocenters. The van der Waals surface area contributed by atoms with E-state index in [1.165, 1.54) is 0 Å². The molecule has 0 amide bonds. The predicted octanol–water partition coefficient (Wildman–Crippen LogP) is 3.39. The van der Waals surface area contributed by atoms with E-state index in [2.05, 4.69) is 4.98 Å². The van der Waals surface area contributed by atoms with Gasteiger partial charge in [-0.25, -0.2) is 4.98 Å². The average Bonchev–Trinajstić information content (AvgIpc) is 2.47. The second-order valence-electron chi connectivity index (χ2n) is 4.21. The summed E-state index contributed by atoms with van der Waals surface area (Å²) in [5, 5.41) is 10.4. The monoisotopic (exact) mass is 235 g/mol. The van der Waals surface area contributed by atoms with E-state index in [9.17, 15) is 5.11 Å². The molecule has 1 aromatic heterocycles. The highest BCUT2D eigenvalue weighted by molar-refractivity contribution is 5.84. The number of hydrogen-bond acceptors (Lipinski definition) is 2. The van der Waals surface area contributed by atoms with E-state index in [0.717, 1.165) is 27.7 Å². The fourth-order valence-corrected chi connectivity index (χ4v) is 2.11. The molecule has 0 bridgehead atoms. The van der Waals surface area contributed by atoms with Crippen LogP contribution in [-0.2, 0) is 6.61 Å². The fraction of sp³-hybridized carbons (Fsp3) is 0.0625. The van der Waals surface area contributed by atoms with Gasteiger partial charge in [0.25, 0.3) is 0 Å². The lowest BCUT2D eigenvalue weighted by Crippen LogP contribution is -1.91. The van der Waals surface area contributed by atoms with E-state index >= 15 is 0 Å². The number of para-hydroxylation sites is 1. The zero-order chi connectivity index (χ0) is 12.4. The van der Waals surface area contributed by atoms with Gasteiger partial charge in [0.2, 0.25) is 0 Å². The number of pyridine rings is 1. The van der Waals surface area contributed by atoms with Crippen LogP contribution in [0.1, 0.15) is 5.56 Å². The minimum atomic E-state index is 0.0165. The summed E-state index contributed by atoms with van der Waals surface area (Å²) in [5.74, 6) is 0. The summed E-state index contributed by atoms with van der Waals surface area (Å²) in [5.41, 5.74) is 3.77. The lowest BCUT2D eigenvalue weighted by atomic mass is 10.1. The molecule has 0 fully saturated rings. The first-order chi connectivity index (χ1) is 8.88. The normalized spacial score (nSPS) is 10.7. The van der Waals surface area contributed by atoms with Crippen LogP contribution in [0.2, 0.25) is 0 Å². The quantitative estimate of drug-likeness (QED) is 0.738. The van der Waals surface area contributed by atoms with Gasteiger partial charge < -0.3 is 5.11 Å². The van der Waals surface area contributed by atoms with E-state index in [4.69, 9.17) is 0 Å².